The first-order chi connectivity index (χ1) is 36.0. The Morgan fingerprint density at radius 2 is 0.494 bits per heavy atom. The van der Waals surface area contributed by atoms with Gasteiger partial charge in [0.1, 0.15) is 26.2 Å². The molecule has 11 aromatic rings. The van der Waals surface area contributed by atoms with Crippen molar-refractivity contribution in [2.75, 3.05) is 84.6 Å². The maximum atomic E-state index is 5.46. The number of fused-ring (bicyclic) bond motifs is 24. The first-order valence-electron chi connectivity index (χ1n) is 26.2. The van der Waals surface area contributed by atoms with Crippen molar-refractivity contribution in [3.8, 4) is 45.6 Å². The van der Waals surface area contributed by atoms with Gasteiger partial charge in [-0.1, -0.05) is 48.5 Å². The monoisotopic (exact) mass is 1060 g/mol. The van der Waals surface area contributed by atoms with Gasteiger partial charge in [-0.3, -0.25) is 0 Å². The SMILES string of the molecule is C[N+](C)(C)Cc1ccc2cc3c(cc2c1)-c1nc-3nc2[n-]c(nc3nc(nc4[n-]c(n1)c1cc5ccc(C[N+](C)(C)C)cc5cc41)-c1cc4ccc(C[N+](C)(C)C)cc4cc1-3)c1cc3ccc(C[N+](C)(C)C)cc3cc21.[Cu+2]. The van der Waals surface area contributed by atoms with Crippen molar-refractivity contribution in [2.24, 2.45) is 0 Å². The summed E-state index contributed by atoms with van der Waals surface area (Å²) in [4.78, 5) is 43.2. The van der Waals surface area contributed by atoms with Gasteiger partial charge in [0.15, 0.2) is 0 Å². The molecule has 2 aliphatic heterocycles. The van der Waals surface area contributed by atoms with E-state index >= 15 is 0 Å². The number of benzene rings is 8. The van der Waals surface area contributed by atoms with E-state index in [1.165, 1.54) is 22.3 Å². The van der Waals surface area contributed by atoms with E-state index in [1.54, 1.807) is 0 Å². The zero-order valence-corrected chi connectivity index (χ0v) is 47.0. The van der Waals surface area contributed by atoms with Crippen molar-refractivity contribution >= 4 is 87.2 Å². The Morgan fingerprint density at radius 1 is 0.273 bits per heavy atom. The van der Waals surface area contributed by atoms with E-state index in [1.807, 2.05) is 0 Å². The fourth-order valence-corrected chi connectivity index (χ4v) is 11.4. The molecule has 77 heavy (non-hydrogen) atoms. The van der Waals surface area contributed by atoms with E-state index in [2.05, 4.69) is 206 Å². The van der Waals surface area contributed by atoms with Crippen LogP contribution in [0.5, 0.6) is 0 Å². The quantitative estimate of drug-likeness (QED) is 0.109. The Kier molecular flexibility index (Phi) is 11.6. The molecule has 0 spiro atoms. The largest absolute Gasteiger partial charge is 2.00 e. The van der Waals surface area contributed by atoms with E-state index in [9.17, 15) is 0 Å². The molecule has 0 N–H and O–H groups in total. The van der Waals surface area contributed by atoms with Gasteiger partial charge in [0.2, 0.25) is 0 Å². The zero-order valence-electron chi connectivity index (χ0n) is 46.0. The number of aromatic nitrogens is 8. The smallest absolute Gasteiger partial charge is 0.357 e. The van der Waals surface area contributed by atoms with Crippen LogP contribution in [0.3, 0.4) is 0 Å². The second kappa shape index (κ2) is 17.8. The summed E-state index contributed by atoms with van der Waals surface area (Å²) in [6, 6.07) is 44.7. The van der Waals surface area contributed by atoms with Crippen LogP contribution in [0, 0.1) is 0 Å². The number of hydrogen-bond acceptors (Lipinski definition) is 6. The molecule has 3 aromatic heterocycles. The molecule has 0 saturated carbocycles. The summed E-state index contributed by atoms with van der Waals surface area (Å²) in [6.07, 6.45) is 0. The maximum absolute atomic E-state index is 5.46. The first kappa shape index (κ1) is 50.3. The Morgan fingerprint density at radius 3 is 0.753 bits per heavy atom. The van der Waals surface area contributed by atoms with Crippen LogP contribution in [0.2, 0.25) is 0 Å². The van der Waals surface area contributed by atoms with Crippen molar-refractivity contribution in [2.45, 2.75) is 26.2 Å². The van der Waals surface area contributed by atoms with Gasteiger partial charge in [0.05, 0.1) is 108 Å². The predicted molar refractivity (Wildman–Crippen MR) is 311 cm³/mol. The number of nitrogens with zero attached hydrogens (tertiary/aromatic N) is 12. The van der Waals surface area contributed by atoms with E-state index in [0.717, 1.165) is 131 Å². The minimum Gasteiger partial charge on any atom is -0.357 e. The summed E-state index contributed by atoms with van der Waals surface area (Å²) in [5, 5.41) is 12.4. The van der Waals surface area contributed by atoms with Crippen molar-refractivity contribution in [3.05, 3.63) is 144 Å². The zero-order chi connectivity index (χ0) is 52.8. The average Bonchev–Trinajstić information content (AvgIpc) is 4.05. The van der Waals surface area contributed by atoms with Crippen molar-refractivity contribution < 1.29 is 35.0 Å². The van der Waals surface area contributed by atoms with Crippen LogP contribution in [-0.2, 0) is 43.2 Å². The molecule has 0 fully saturated rings. The minimum atomic E-state index is 0. The third-order valence-corrected chi connectivity index (χ3v) is 14.4. The molecule has 0 aliphatic carbocycles. The standard InChI is InChI=1S/C64H64N12.Cu/c1-73(2,3)33-37-13-17-41-25-49-53(29-45(41)21-37)61-65-57(49)70-62-55-31-47-23-39(35-75(7,8)9)15-19-43(47)27-51(55)59(67-62)72-64-56-32-48-24-40(36-76(10,11)12)16-20-44(48)28-52(56)60(68-64)71-63-54-30-46-22-38(34-74(4,5)6)14-18-42(46)26-50(54)58(66-63)69-61;/h13-32H,33-36H2,1-12H3;/q2*+2. The number of hydrogen-bond donors (Lipinski definition) is 0. The molecule has 0 atom stereocenters. The third-order valence-electron chi connectivity index (χ3n) is 14.4. The Hall–Kier alpha value is -7.48. The van der Waals surface area contributed by atoms with Crippen molar-refractivity contribution in [1.29, 1.82) is 0 Å². The van der Waals surface area contributed by atoms with Crippen LogP contribution in [0.4, 0.5) is 0 Å². The van der Waals surface area contributed by atoms with Crippen LogP contribution < -0.4 is 9.97 Å². The molecule has 5 heterocycles. The molecule has 2 aliphatic rings. The third kappa shape index (κ3) is 9.73. The summed E-state index contributed by atoms with van der Waals surface area (Å²) in [5.41, 5.74) is 10.7. The van der Waals surface area contributed by atoms with Gasteiger partial charge < -0.3 is 47.8 Å². The van der Waals surface area contributed by atoms with E-state index in [0.29, 0.717) is 45.9 Å². The summed E-state index contributed by atoms with van der Waals surface area (Å²) in [7, 11) is 26.6. The molecule has 0 amide bonds. The van der Waals surface area contributed by atoms with Gasteiger partial charge in [-0.2, -0.15) is 0 Å². The summed E-state index contributed by atoms with van der Waals surface area (Å²) in [6.45, 7) is 3.57. The molecule has 8 aromatic carbocycles. The minimum absolute atomic E-state index is 0. The van der Waals surface area contributed by atoms with Gasteiger partial charge in [0.25, 0.3) is 0 Å². The summed E-state index contributed by atoms with van der Waals surface area (Å²) >= 11 is 0. The molecule has 8 bridgehead atoms. The molecule has 12 nitrogen and oxygen atoms in total. The Bertz CT molecular complexity index is 4180. The van der Waals surface area contributed by atoms with Crippen molar-refractivity contribution in [3.63, 3.8) is 0 Å². The molecule has 13 rings (SSSR count). The summed E-state index contributed by atoms with van der Waals surface area (Å²) < 4.78 is 3.27. The topological polar surface area (TPSA) is 106 Å². The van der Waals surface area contributed by atoms with Crippen LogP contribution in [0.15, 0.2) is 121 Å². The number of quaternary nitrogens is 4. The molecular formula is C64H64CuN12+4. The van der Waals surface area contributed by atoms with Crippen LogP contribution in [0.1, 0.15) is 22.3 Å². The van der Waals surface area contributed by atoms with Gasteiger partial charge >= 0.3 is 17.1 Å². The van der Waals surface area contributed by atoms with Gasteiger partial charge in [-0.15, -0.1) is 0 Å². The fraction of sp³-hybridized carbons (Fsp3) is 0.250. The van der Waals surface area contributed by atoms with Crippen LogP contribution in [-0.4, -0.2) is 132 Å². The van der Waals surface area contributed by atoms with Gasteiger partial charge in [-0.05, 0) is 137 Å². The second-order valence-corrected chi connectivity index (χ2v) is 25.6. The molecule has 0 unspecified atom stereocenters. The predicted octanol–water partition coefficient (Wildman–Crippen LogP) is 11.6. The molecule has 1 radical (unpaired) electrons. The van der Waals surface area contributed by atoms with Gasteiger partial charge in [-0.25, -0.2) is 9.97 Å². The Labute approximate surface area is 459 Å². The summed E-state index contributed by atoms with van der Waals surface area (Å²) in [5.74, 6) is 2.15. The van der Waals surface area contributed by atoms with E-state index in [-0.39, 0.29) is 17.1 Å². The maximum Gasteiger partial charge on any atom is 2.00 e. The first-order valence-corrected chi connectivity index (χ1v) is 26.2. The molecule has 0 saturated heterocycles. The van der Waals surface area contributed by atoms with E-state index < -0.39 is 0 Å². The van der Waals surface area contributed by atoms with Crippen LogP contribution in [0.25, 0.3) is 133 Å². The van der Waals surface area contributed by atoms with Crippen molar-refractivity contribution in [1.82, 2.24) is 39.9 Å². The molecule has 13 heteroatoms. The molecular weight excluding hydrogens is 1000 g/mol. The van der Waals surface area contributed by atoms with Gasteiger partial charge in [0, 0.05) is 67.1 Å². The fourth-order valence-electron chi connectivity index (χ4n) is 11.4. The second-order valence-electron chi connectivity index (χ2n) is 25.6. The number of rotatable bonds is 8. The normalized spacial score (nSPS) is 13.0. The van der Waals surface area contributed by atoms with E-state index in [4.69, 9.17) is 39.9 Å². The molecule has 387 valence electrons. The van der Waals surface area contributed by atoms with Crippen LogP contribution >= 0.6 is 0 Å². The average molecular weight is 1060 g/mol. The Balaban J connectivity index is 0.00000596.